The van der Waals surface area contributed by atoms with Crippen LogP contribution in [-0.2, 0) is 9.59 Å². The van der Waals surface area contributed by atoms with E-state index in [9.17, 15) is 22.8 Å². The number of hydrogen-bond acceptors (Lipinski definition) is 3. The van der Waals surface area contributed by atoms with Crippen molar-refractivity contribution in [1.82, 2.24) is 0 Å². The van der Waals surface area contributed by atoms with Crippen molar-refractivity contribution in [3.63, 3.8) is 0 Å². The van der Waals surface area contributed by atoms with E-state index in [0.29, 0.717) is 10.6 Å². The number of carbonyl (C=O) groups excluding carboxylic acids is 1. The number of rotatable bonds is 5. The SMILES string of the molecule is O=C(O)CCSc1ccc(NC(=O)C(F)(F)F)cc1. The van der Waals surface area contributed by atoms with Crippen LogP contribution in [0, 0.1) is 0 Å². The minimum Gasteiger partial charge on any atom is -0.481 e. The summed E-state index contributed by atoms with van der Waals surface area (Å²) in [7, 11) is 0. The van der Waals surface area contributed by atoms with Gasteiger partial charge in [-0.25, -0.2) is 0 Å². The molecule has 0 saturated carbocycles. The van der Waals surface area contributed by atoms with Gasteiger partial charge in [0.15, 0.2) is 0 Å². The first kappa shape index (κ1) is 15.4. The Bertz CT molecular complexity index is 459. The van der Waals surface area contributed by atoms with Gasteiger partial charge in [0.1, 0.15) is 0 Å². The second kappa shape index (κ2) is 6.46. The largest absolute Gasteiger partial charge is 0.481 e. The highest BCUT2D eigenvalue weighted by molar-refractivity contribution is 7.99. The van der Waals surface area contributed by atoms with Crippen molar-refractivity contribution in [1.29, 1.82) is 0 Å². The van der Waals surface area contributed by atoms with Crippen molar-refractivity contribution in [2.45, 2.75) is 17.5 Å². The Hall–Kier alpha value is -1.70. The Morgan fingerprint density at radius 3 is 2.26 bits per heavy atom. The van der Waals surface area contributed by atoms with Gasteiger partial charge < -0.3 is 10.4 Å². The van der Waals surface area contributed by atoms with E-state index >= 15 is 0 Å². The zero-order valence-corrected chi connectivity index (χ0v) is 10.3. The van der Waals surface area contributed by atoms with Crippen LogP contribution in [0.25, 0.3) is 0 Å². The highest BCUT2D eigenvalue weighted by Crippen LogP contribution is 2.22. The Balaban J connectivity index is 2.52. The number of carbonyl (C=O) groups is 2. The van der Waals surface area contributed by atoms with Crippen molar-refractivity contribution >= 4 is 29.3 Å². The number of nitrogens with one attached hydrogen (secondary N) is 1. The van der Waals surface area contributed by atoms with Crippen LogP contribution in [0.5, 0.6) is 0 Å². The smallest absolute Gasteiger partial charge is 0.471 e. The third-order valence-corrected chi connectivity index (χ3v) is 2.97. The molecule has 0 fully saturated rings. The summed E-state index contributed by atoms with van der Waals surface area (Å²) >= 11 is 1.27. The van der Waals surface area contributed by atoms with Gasteiger partial charge in [-0.05, 0) is 24.3 Å². The average Bonchev–Trinajstić information content (AvgIpc) is 2.29. The van der Waals surface area contributed by atoms with Crippen LogP contribution in [0.2, 0.25) is 0 Å². The highest BCUT2D eigenvalue weighted by atomic mass is 32.2. The van der Waals surface area contributed by atoms with E-state index in [1.807, 2.05) is 0 Å². The lowest BCUT2D eigenvalue weighted by Crippen LogP contribution is -2.29. The zero-order chi connectivity index (χ0) is 14.5. The third kappa shape index (κ3) is 5.64. The summed E-state index contributed by atoms with van der Waals surface area (Å²) in [6, 6.07) is 5.68. The molecule has 1 amide bonds. The number of amides is 1. The van der Waals surface area contributed by atoms with Crippen molar-refractivity contribution < 1.29 is 27.9 Å². The molecule has 8 heteroatoms. The Labute approximate surface area is 111 Å². The molecule has 1 rings (SSSR count). The molecule has 19 heavy (non-hydrogen) atoms. The summed E-state index contributed by atoms with van der Waals surface area (Å²) in [5, 5.41) is 10.2. The fourth-order valence-corrected chi connectivity index (χ4v) is 1.93. The van der Waals surface area contributed by atoms with Gasteiger partial charge in [0.2, 0.25) is 0 Å². The van der Waals surface area contributed by atoms with Crippen molar-refractivity contribution in [3.05, 3.63) is 24.3 Å². The molecule has 0 aliphatic rings. The predicted octanol–water partition coefficient (Wildman–Crippen LogP) is 2.75. The van der Waals surface area contributed by atoms with Crippen molar-refractivity contribution in [2.75, 3.05) is 11.1 Å². The first-order valence-electron chi connectivity index (χ1n) is 5.12. The van der Waals surface area contributed by atoms with Gasteiger partial charge in [-0.1, -0.05) is 0 Å². The minimum absolute atomic E-state index is 0.00275. The molecule has 104 valence electrons. The van der Waals surface area contributed by atoms with Gasteiger partial charge in [-0.3, -0.25) is 9.59 Å². The second-order valence-corrected chi connectivity index (χ2v) is 4.64. The number of benzene rings is 1. The Kier molecular flexibility index (Phi) is 5.22. The summed E-state index contributed by atoms with van der Waals surface area (Å²) in [6.07, 6.45) is -4.92. The lowest BCUT2D eigenvalue weighted by Gasteiger charge is -2.08. The maximum absolute atomic E-state index is 12.0. The van der Waals surface area contributed by atoms with Crippen LogP contribution in [-0.4, -0.2) is 28.9 Å². The lowest BCUT2D eigenvalue weighted by molar-refractivity contribution is -0.167. The van der Waals surface area contributed by atoms with E-state index in [4.69, 9.17) is 5.11 Å². The number of halogens is 3. The number of hydrogen-bond donors (Lipinski definition) is 2. The molecule has 0 atom stereocenters. The monoisotopic (exact) mass is 293 g/mol. The van der Waals surface area contributed by atoms with E-state index < -0.39 is 18.1 Å². The molecular formula is C11H10F3NO3S. The van der Waals surface area contributed by atoms with E-state index in [2.05, 4.69) is 0 Å². The zero-order valence-electron chi connectivity index (χ0n) is 9.53. The molecule has 0 heterocycles. The topological polar surface area (TPSA) is 66.4 Å². The van der Waals surface area contributed by atoms with Gasteiger partial charge in [-0.2, -0.15) is 13.2 Å². The van der Waals surface area contributed by atoms with Gasteiger partial charge >= 0.3 is 18.1 Å². The summed E-state index contributed by atoms with van der Waals surface area (Å²) in [4.78, 5) is 21.7. The van der Waals surface area contributed by atoms with Crippen LogP contribution in [0.15, 0.2) is 29.2 Å². The Morgan fingerprint density at radius 1 is 1.21 bits per heavy atom. The highest BCUT2D eigenvalue weighted by Gasteiger charge is 2.38. The molecule has 4 nitrogen and oxygen atoms in total. The Morgan fingerprint density at radius 2 is 1.79 bits per heavy atom. The molecule has 0 spiro atoms. The predicted molar refractivity (Wildman–Crippen MR) is 64.1 cm³/mol. The fourth-order valence-electron chi connectivity index (χ4n) is 1.09. The number of carboxylic acids is 1. The van der Waals surface area contributed by atoms with Crippen molar-refractivity contribution in [2.24, 2.45) is 0 Å². The average molecular weight is 293 g/mol. The summed E-state index contributed by atoms with van der Waals surface area (Å²) in [5.74, 6) is -2.58. The molecule has 0 aromatic heterocycles. The minimum atomic E-state index is -4.92. The van der Waals surface area contributed by atoms with Crippen LogP contribution in [0.1, 0.15) is 6.42 Å². The summed E-state index contributed by atoms with van der Waals surface area (Å²) < 4.78 is 36.0. The number of alkyl halides is 3. The molecule has 1 aromatic rings. The fraction of sp³-hybridized carbons (Fsp3) is 0.273. The number of thioether (sulfide) groups is 1. The van der Waals surface area contributed by atoms with E-state index in [1.54, 1.807) is 5.32 Å². The third-order valence-electron chi connectivity index (χ3n) is 1.95. The van der Waals surface area contributed by atoms with Crippen LogP contribution in [0.4, 0.5) is 18.9 Å². The summed E-state index contributed by atoms with van der Waals surface area (Å²) in [6.45, 7) is 0. The molecule has 2 N–H and O–H groups in total. The maximum Gasteiger partial charge on any atom is 0.471 e. The molecule has 0 unspecified atom stereocenters. The second-order valence-electron chi connectivity index (χ2n) is 3.47. The number of carboxylic acid groups (broad SMARTS) is 1. The molecule has 0 bridgehead atoms. The van der Waals surface area contributed by atoms with Gasteiger partial charge in [0.05, 0.1) is 6.42 Å². The van der Waals surface area contributed by atoms with Gasteiger partial charge in [-0.15, -0.1) is 11.8 Å². The first-order valence-corrected chi connectivity index (χ1v) is 6.10. The van der Waals surface area contributed by atoms with Gasteiger partial charge in [0.25, 0.3) is 0 Å². The molecule has 0 saturated heterocycles. The van der Waals surface area contributed by atoms with Crippen molar-refractivity contribution in [3.8, 4) is 0 Å². The maximum atomic E-state index is 12.0. The summed E-state index contributed by atoms with van der Waals surface area (Å²) in [5.41, 5.74) is 0.0323. The molecule has 1 aromatic carbocycles. The number of aliphatic carboxylic acids is 1. The molecule has 0 aliphatic carbocycles. The lowest BCUT2D eigenvalue weighted by atomic mass is 10.3. The molecule has 0 radical (unpaired) electrons. The first-order chi connectivity index (χ1) is 8.79. The van der Waals surface area contributed by atoms with E-state index in [0.717, 1.165) is 0 Å². The quantitative estimate of drug-likeness (QED) is 0.819. The van der Waals surface area contributed by atoms with Crippen LogP contribution in [0.3, 0.4) is 0 Å². The molecular weight excluding hydrogens is 283 g/mol. The standard InChI is InChI=1S/C11H10F3NO3S/c12-11(13,14)10(18)15-7-1-3-8(4-2-7)19-6-5-9(16)17/h1-4H,5-6H2,(H,15,18)(H,16,17). The van der Waals surface area contributed by atoms with E-state index in [1.165, 1.54) is 36.0 Å². The van der Waals surface area contributed by atoms with Crippen LogP contribution < -0.4 is 5.32 Å². The van der Waals surface area contributed by atoms with Gasteiger partial charge in [0, 0.05) is 16.3 Å². The van der Waals surface area contributed by atoms with Crippen LogP contribution >= 0.6 is 11.8 Å². The van der Waals surface area contributed by atoms with E-state index in [-0.39, 0.29) is 12.1 Å². The number of anilines is 1. The molecule has 0 aliphatic heterocycles. The normalized spacial score (nSPS) is 11.1.